The van der Waals surface area contributed by atoms with E-state index in [1.54, 1.807) is 145 Å². The molecular weight excluding hydrogens is 1260 g/mol. The van der Waals surface area contributed by atoms with Crippen molar-refractivity contribution in [3.05, 3.63) is 345 Å². The van der Waals surface area contributed by atoms with Gasteiger partial charge >= 0.3 is 103 Å². The second-order valence-electron chi connectivity index (χ2n) is 17.8. The van der Waals surface area contributed by atoms with Crippen LogP contribution in [0.25, 0.3) is 19.4 Å². The number of carbonyl (C=O) groups excluding carboxylic acids is 2. The first-order valence-electron chi connectivity index (χ1n) is 25.8. The van der Waals surface area contributed by atoms with Crippen LogP contribution in [0.15, 0.2) is 232 Å². The van der Waals surface area contributed by atoms with E-state index < -0.39 is 0 Å². The first kappa shape index (κ1) is 73.4. The van der Waals surface area contributed by atoms with Gasteiger partial charge in [-0.25, -0.2) is 34.0 Å². The molecule has 11 aromatic rings. The molecule has 0 saturated carbocycles. The molecule has 0 saturated heterocycles. The zero-order chi connectivity index (χ0) is 63.6. The zero-order valence-corrected chi connectivity index (χ0v) is 56.2. The van der Waals surface area contributed by atoms with Crippen molar-refractivity contribution in [3.63, 3.8) is 0 Å². The maximum atomic E-state index is 12.1. The number of hydrogen-bond donors (Lipinski definition) is 1. The van der Waals surface area contributed by atoms with Crippen LogP contribution in [0.2, 0.25) is 0 Å². The van der Waals surface area contributed by atoms with Gasteiger partial charge in [0.05, 0.1) is 83.7 Å². The maximum Gasteiger partial charge on any atom is 1.00 e. The molecule has 0 amide bonds. The summed E-state index contributed by atoms with van der Waals surface area (Å²) in [6, 6.07) is 65.7. The van der Waals surface area contributed by atoms with Crippen molar-refractivity contribution in [2.45, 2.75) is 16.9 Å². The Hall–Kier alpha value is -10.0. The molecule has 8 aromatic carbocycles. The van der Waals surface area contributed by atoms with Crippen LogP contribution in [0, 0.1) is 71.6 Å². The van der Waals surface area contributed by atoms with Crippen LogP contribution in [-0.4, -0.2) is 57.0 Å². The summed E-state index contributed by atoms with van der Waals surface area (Å²) in [4.78, 5) is 44.4. The number of hydrogen-bond acceptors (Lipinski definition) is 14. The van der Waals surface area contributed by atoms with Crippen molar-refractivity contribution in [3.8, 4) is 24.3 Å². The summed E-state index contributed by atoms with van der Waals surface area (Å²) in [5.74, 6) is -0.115. The molecule has 21 nitrogen and oxygen atoms in total. The van der Waals surface area contributed by atoms with Crippen LogP contribution in [0.1, 0.15) is 89.9 Å². The van der Waals surface area contributed by atoms with Gasteiger partial charge in [0, 0.05) is 11.1 Å². The molecule has 11 rings (SSSR count). The van der Waals surface area contributed by atoms with Gasteiger partial charge in [0.15, 0.2) is 28.5 Å². The number of benzene rings is 8. The molecule has 3 heterocycles. The molecule has 3 aromatic heterocycles. The van der Waals surface area contributed by atoms with Crippen molar-refractivity contribution in [2.75, 3.05) is 0 Å². The Morgan fingerprint density at radius 3 is 1.12 bits per heavy atom. The molecule has 3 atom stereocenters. The Morgan fingerprint density at radius 1 is 0.505 bits per heavy atom. The number of ketones is 1. The summed E-state index contributed by atoms with van der Waals surface area (Å²) in [6.45, 7) is 27.6. The summed E-state index contributed by atoms with van der Waals surface area (Å²) < 4.78 is 3.66. The fraction of sp³-hybridized carbons (Fsp3) is 0.0448. The molecule has 3 unspecified atom stereocenters. The smallest absolute Gasteiger partial charge is 1.00 e. The predicted octanol–water partition coefficient (Wildman–Crippen LogP) is 6.97. The molecule has 0 aliphatic carbocycles. The van der Waals surface area contributed by atoms with E-state index in [-0.39, 0.29) is 133 Å². The molecule has 0 aliphatic heterocycles. The van der Waals surface area contributed by atoms with E-state index in [1.165, 1.54) is 19.0 Å². The first-order chi connectivity index (χ1) is 43.5. The minimum atomic E-state index is -0.181. The quantitative estimate of drug-likeness (QED) is 0.0260. The maximum absolute atomic E-state index is 12.1. The second-order valence-corrected chi connectivity index (χ2v) is 18.7. The van der Waals surface area contributed by atoms with Gasteiger partial charge < -0.3 is 16.1 Å². The third-order valence-corrected chi connectivity index (χ3v) is 13.4. The second kappa shape index (κ2) is 40.5. The van der Waals surface area contributed by atoms with Crippen LogP contribution in [0.3, 0.4) is 0 Å². The number of nitrogens with one attached hydrogen (secondary N) is 1. The molecule has 0 spiro atoms. The van der Waals surface area contributed by atoms with E-state index >= 15 is 0 Å². The Balaban J connectivity index is 0.000000303. The van der Waals surface area contributed by atoms with Gasteiger partial charge in [-0.3, -0.25) is 14.7 Å². The molecule has 24 heteroatoms. The van der Waals surface area contributed by atoms with Crippen molar-refractivity contribution in [1.82, 2.24) is 44.7 Å². The average molecular weight is 1310 g/mol. The van der Waals surface area contributed by atoms with Gasteiger partial charge in [-0.05, 0) is 94.0 Å². The molecule has 91 heavy (non-hydrogen) atoms. The summed E-state index contributed by atoms with van der Waals surface area (Å²) in [5.41, 5.74) is 12.1. The number of aromatic amines is 1. The number of halogens is 1. The van der Waals surface area contributed by atoms with Gasteiger partial charge in [-0.15, -0.1) is 10.2 Å². The summed E-state index contributed by atoms with van der Waals surface area (Å²) >= 11 is 3.63. The fourth-order valence-electron chi connectivity index (χ4n) is 8.02. The van der Waals surface area contributed by atoms with Crippen molar-refractivity contribution >= 4 is 50.9 Å². The van der Waals surface area contributed by atoms with E-state index in [1.807, 2.05) is 83.4 Å². The largest absolute Gasteiger partial charge is 1.00 e. The predicted molar refractivity (Wildman–Crippen MR) is 329 cm³/mol. The van der Waals surface area contributed by atoms with Crippen LogP contribution in [0.4, 0.5) is 22.7 Å². The van der Waals surface area contributed by atoms with Gasteiger partial charge in [-0.2, -0.15) is 31.2 Å². The van der Waals surface area contributed by atoms with Crippen LogP contribution in [0.5, 0.6) is 0 Å². The minimum Gasteiger partial charge on any atom is -1.00 e. The molecule has 0 fully saturated rings. The number of rotatable bonds is 11. The van der Waals surface area contributed by atoms with E-state index in [9.17, 15) is 4.79 Å². The van der Waals surface area contributed by atoms with Gasteiger partial charge in [0.25, 0.3) is 6.47 Å². The average Bonchev–Trinajstić information content (AvgIpc) is 1.41. The number of H-pyrrole nitrogens is 1. The van der Waals surface area contributed by atoms with E-state index in [0.717, 1.165) is 33.4 Å². The molecule has 0 radical (unpaired) electrons. The summed E-state index contributed by atoms with van der Waals surface area (Å²) in [6.07, 6.45) is 9.42. The Labute approximate surface area is 618 Å². The third-order valence-electron chi connectivity index (χ3n) is 12.4. The van der Waals surface area contributed by atoms with E-state index in [0.29, 0.717) is 56.1 Å². The van der Waals surface area contributed by atoms with Gasteiger partial charge in [-0.1, -0.05) is 149 Å². The van der Waals surface area contributed by atoms with Crippen LogP contribution in [-0.2, 0) is 9.68 Å². The number of nitriles is 4. The normalized spacial score (nSPS) is 10.2. The summed E-state index contributed by atoms with van der Waals surface area (Å²) in [5, 5.41) is 61.7. The fourth-order valence-corrected chi connectivity index (χ4v) is 8.63. The SMILES string of the molecule is O=CO[O-].[C-]#[N+]c1ccc(C(=O)c2ccc(C#N)cc2)cc1.[C-]#[N+]c1ccc(C(Br)c2ccc(C#N)cc2)cc1.[C-]#[N+]c1ccc(C(c2ccc(C#N)cc2)n2cncn2)cc1.[C-]#[N+]c1ccc(C(c2ccc(C#N)cc2)n2cnnc2)cc1.[H-].[K+].[K+].c1nc[nH]n1. The first-order valence-corrected chi connectivity index (χ1v) is 26.7. The topological polar surface area (TPSA) is 282 Å². The Kier molecular flexibility index (Phi) is 32.7. The zero-order valence-electron chi connectivity index (χ0n) is 49.4. The number of aromatic nitrogens is 9. The van der Waals surface area contributed by atoms with Crippen LogP contribution >= 0.6 is 15.9 Å². The third kappa shape index (κ3) is 22.8. The van der Waals surface area contributed by atoms with Gasteiger partial charge in [0.2, 0.25) is 0 Å². The van der Waals surface area contributed by atoms with Crippen molar-refractivity contribution < 1.29 is 124 Å². The van der Waals surface area contributed by atoms with E-state index in [4.69, 9.17) is 57.4 Å². The van der Waals surface area contributed by atoms with Crippen molar-refractivity contribution in [1.29, 1.82) is 21.0 Å². The molecule has 430 valence electrons. The minimum absolute atomic E-state index is 0. The number of carbonyl (C=O) groups is 2. The van der Waals surface area contributed by atoms with Gasteiger partial charge in [0.1, 0.15) is 44.0 Å². The molecular formula is C67H44BrK2N17O4. The standard InChI is InChI=1S/2C17H11N5.C15H9BrN2.C15H8N2O.C2H3N3.CH2O3.2K.H/c1-19-16-8-6-15(7-9-16)17(22-11-20-21-12-22)14-4-2-13(10-18)3-5-14;1-19-16-8-6-15(7-9-16)17(22-12-20-11-21-22)14-4-2-13(10-18)3-5-14;1-18-14-8-6-13(7-9-14)15(16)12-4-2-11(10-17)3-5-12;1-17-14-8-6-13(7-9-14)15(18)12-4-2-11(10-16)3-5-12;1-3-2-5-4-1;2-1-4-3;;;/h2*2-9,11-12,17H;2-9,15H;2-9H;1-2H,(H,3,4,5);1,3H;;;/q;;;;;;2*+1;-1/p-1. The Morgan fingerprint density at radius 2 is 0.824 bits per heavy atom. The molecule has 0 aliphatic rings. The number of alkyl halides is 1. The Bertz CT molecular complexity index is 3970. The van der Waals surface area contributed by atoms with Crippen molar-refractivity contribution in [2.24, 2.45) is 0 Å². The van der Waals surface area contributed by atoms with E-state index in [2.05, 4.69) is 93.9 Å². The molecule has 1 N–H and O–H groups in total. The monoisotopic (exact) mass is 1310 g/mol. The number of nitrogens with zero attached hydrogens (tertiary/aromatic N) is 16. The summed E-state index contributed by atoms with van der Waals surface area (Å²) in [7, 11) is 0. The molecule has 0 bridgehead atoms. The van der Waals surface area contributed by atoms with Crippen LogP contribution < -0.4 is 108 Å².